The molecule has 9 heteroatoms. The molecule has 0 amide bonds. The highest BCUT2D eigenvalue weighted by molar-refractivity contribution is 5.64. The summed E-state index contributed by atoms with van der Waals surface area (Å²) in [5, 5.41) is 22.6. The third kappa shape index (κ3) is 4.34. The lowest BCUT2D eigenvalue weighted by atomic mass is 10.2. The number of pyridine rings is 1. The first-order valence-electron chi connectivity index (χ1n) is 6.31. The molecule has 0 saturated heterocycles. The fourth-order valence-corrected chi connectivity index (χ4v) is 1.78. The third-order valence-corrected chi connectivity index (χ3v) is 2.81. The average molecular weight is 320 g/mol. The lowest BCUT2D eigenvalue weighted by Gasteiger charge is -2.08. The van der Waals surface area contributed by atoms with Crippen molar-refractivity contribution in [3.05, 3.63) is 57.9 Å². The zero-order valence-electron chi connectivity index (χ0n) is 11.6. The lowest BCUT2D eigenvalue weighted by Crippen LogP contribution is -2.06. The molecule has 0 radical (unpaired) electrons. The van der Waals surface area contributed by atoms with Gasteiger partial charge in [-0.15, -0.1) is 0 Å². The number of hydrogen-bond donors (Lipinski definition) is 1. The van der Waals surface area contributed by atoms with Crippen molar-refractivity contribution in [3.63, 3.8) is 0 Å². The van der Waals surface area contributed by atoms with Gasteiger partial charge in [-0.25, -0.2) is 0 Å². The number of benzene rings is 1. The summed E-state index contributed by atoms with van der Waals surface area (Å²) < 4.78 is 28.2. The van der Waals surface area contributed by atoms with Crippen molar-refractivity contribution in [2.45, 2.75) is 13.2 Å². The second-order valence-electron chi connectivity index (χ2n) is 4.32. The molecule has 0 saturated carbocycles. The van der Waals surface area contributed by atoms with Crippen LogP contribution in [-0.2, 0) is 6.54 Å². The first-order valence-corrected chi connectivity index (χ1v) is 6.31. The number of rotatable bonds is 6. The van der Waals surface area contributed by atoms with Crippen molar-refractivity contribution >= 4 is 11.4 Å². The second kappa shape index (κ2) is 7.13. The molecule has 0 unspecified atom stereocenters. The van der Waals surface area contributed by atoms with Crippen LogP contribution in [0.3, 0.4) is 0 Å². The van der Waals surface area contributed by atoms with E-state index in [9.17, 15) is 18.9 Å². The van der Waals surface area contributed by atoms with Crippen LogP contribution in [0, 0.1) is 21.4 Å². The van der Waals surface area contributed by atoms with Crippen LogP contribution in [0.2, 0.25) is 0 Å². The molecule has 118 valence electrons. The van der Waals surface area contributed by atoms with Crippen LogP contribution in [0.15, 0.2) is 36.5 Å². The van der Waals surface area contributed by atoms with Crippen LogP contribution in [-0.4, -0.2) is 16.5 Å². The van der Waals surface area contributed by atoms with Crippen molar-refractivity contribution in [2.24, 2.45) is 0 Å². The van der Waals surface area contributed by atoms with Gasteiger partial charge in [-0.2, -0.15) is 14.0 Å². The van der Waals surface area contributed by atoms with Gasteiger partial charge in [0.2, 0.25) is 0 Å². The Balaban J connectivity index is 2.11. The van der Waals surface area contributed by atoms with Crippen LogP contribution in [0.4, 0.5) is 20.2 Å². The zero-order valence-corrected chi connectivity index (χ0v) is 11.6. The normalized spacial score (nSPS) is 10.2. The van der Waals surface area contributed by atoms with Gasteiger partial charge in [0.15, 0.2) is 0 Å². The second-order valence-corrected chi connectivity index (χ2v) is 4.32. The van der Waals surface area contributed by atoms with Crippen LogP contribution >= 0.6 is 0 Å². The molecule has 0 bridgehead atoms. The number of nitrogens with one attached hydrogen (secondary N) is 1. The Bertz CT molecular complexity index is 745. The molecule has 23 heavy (non-hydrogen) atoms. The first kappa shape index (κ1) is 16.1. The van der Waals surface area contributed by atoms with Crippen LogP contribution in [0.1, 0.15) is 11.3 Å². The summed E-state index contributed by atoms with van der Waals surface area (Å²) in [5.41, 5.74) is 0.723. The van der Waals surface area contributed by atoms with E-state index in [0.717, 1.165) is 6.20 Å². The molecule has 1 aromatic heterocycles. The summed E-state index contributed by atoms with van der Waals surface area (Å²) in [4.78, 5) is 14.3. The maximum absolute atomic E-state index is 12.0. The van der Waals surface area contributed by atoms with Gasteiger partial charge in [0.05, 0.1) is 35.0 Å². The zero-order chi connectivity index (χ0) is 16.8. The maximum Gasteiger partial charge on any atom is 0.387 e. The predicted molar refractivity (Wildman–Crippen MR) is 76.0 cm³/mol. The number of nitrogens with zero attached hydrogens (tertiary/aromatic N) is 3. The summed E-state index contributed by atoms with van der Waals surface area (Å²) in [7, 11) is 0. The highest BCUT2D eigenvalue weighted by Gasteiger charge is 2.14. The van der Waals surface area contributed by atoms with Gasteiger partial charge in [0, 0.05) is 6.07 Å². The van der Waals surface area contributed by atoms with Gasteiger partial charge >= 0.3 is 6.61 Å². The molecule has 0 fully saturated rings. The summed E-state index contributed by atoms with van der Waals surface area (Å²) in [6, 6.07) is 8.59. The van der Waals surface area contributed by atoms with Gasteiger partial charge in [-0.05, 0) is 24.3 Å². The maximum atomic E-state index is 12.0. The number of nitriles is 1. The van der Waals surface area contributed by atoms with Crippen molar-refractivity contribution < 1.29 is 18.4 Å². The SMILES string of the molecule is N#Cc1ccc([N+](=O)[O-])c(NCc2ccc(OC(F)F)cn2)c1. The third-order valence-electron chi connectivity index (χ3n) is 2.81. The van der Waals surface area contributed by atoms with Crippen molar-refractivity contribution in [2.75, 3.05) is 5.32 Å². The molecule has 0 aliphatic carbocycles. The fourth-order valence-electron chi connectivity index (χ4n) is 1.78. The van der Waals surface area contributed by atoms with E-state index in [1.54, 1.807) is 0 Å². The fraction of sp³-hybridized carbons (Fsp3) is 0.143. The van der Waals surface area contributed by atoms with E-state index in [-0.39, 0.29) is 29.2 Å². The lowest BCUT2D eigenvalue weighted by molar-refractivity contribution is -0.384. The van der Waals surface area contributed by atoms with E-state index in [1.165, 1.54) is 30.3 Å². The molecule has 7 nitrogen and oxygen atoms in total. The topological polar surface area (TPSA) is 101 Å². The Kier molecular flexibility index (Phi) is 4.99. The number of nitro benzene ring substituents is 1. The van der Waals surface area contributed by atoms with E-state index in [4.69, 9.17) is 5.26 Å². The first-order chi connectivity index (χ1) is 11.0. The van der Waals surface area contributed by atoms with Gasteiger partial charge in [0.1, 0.15) is 11.4 Å². The Hall–Kier alpha value is -3.28. The van der Waals surface area contributed by atoms with Gasteiger partial charge < -0.3 is 10.1 Å². The summed E-state index contributed by atoms with van der Waals surface area (Å²) in [6.07, 6.45) is 1.13. The Morgan fingerprint density at radius 1 is 1.39 bits per heavy atom. The number of hydrogen-bond acceptors (Lipinski definition) is 6. The number of alkyl halides is 2. The molecular formula is C14H10F2N4O3. The predicted octanol–water partition coefficient (Wildman–Crippen LogP) is 3.07. The molecule has 0 aliphatic heterocycles. The van der Waals surface area contributed by atoms with Crippen LogP contribution in [0.5, 0.6) is 5.75 Å². The largest absolute Gasteiger partial charge is 0.433 e. The number of aromatic nitrogens is 1. The highest BCUT2D eigenvalue weighted by Crippen LogP contribution is 2.25. The molecule has 1 N–H and O–H groups in total. The number of halogens is 2. The Labute approximate surface area is 129 Å². The molecular weight excluding hydrogens is 310 g/mol. The van der Waals surface area contributed by atoms with Crippen molar-refractivity contribution in [1.82, 2.24) is 4.98 Å². The number of nitro groups is 1. The molecule has 2 rings (SSSR count). The summed E-state index contributed by atoms with van der Waals surface area (Å²) in [5.74, 6) is -0.0822. The minimum atomic E-state index is -2.93. The van der Waals surface area contributed by atoms with Crippen molar-refractivity contribution in [1.29, 1.82) is 5.26 Å². The quantitative estimate of drug-likeness (QED) is 0.648. The minimum Gasteiger partial charge on any atom is -0.433 e. The number of ether oxygens (including phenoxy) is 1. The molecule has 0 aliphatic rings. The molecule has 0 spiro atoms. The standard InChI is InChI=1S/C14H10F2N4O3/c15-14(16)23-11-3-2-10(18-8-11)7-19-12-5-9(6-17)1-4-13(12)20(21)22/h1-5,8,14,19H,7H2. The van der Waals surface area contributed by atoms with Gasteiger partial charge in [0.25, 0.3) is 5.69 Å². The van der Waals surface area contributed by atoms with E-state index >= 15 is 0 Å². The van der Waals surface area contributed by atoms with Crippen LogP contribution < -0.4 is 10.1 Å². The van der Waals surface area contributed by atoms with Crippen LogP contribution in [0.25, 0.3) is 0 Å². The van der Waals surface area contributed by atoms with Gasteiger partial charge in [-0.3, -0.25) is 15.1 Å². The van der Waals surface area contributed by atoms with E-state index in [0.29, 0.717) is 5.69 Å². The molecule has 0 atom stereocenters. The number of anilines is 1. The Morgan fingerprint density at radius 2 is 2.17 bits per heavy atom. The average Bonchev–Trinajstić information content (AvgIpc) is 2.53. The molecule has 1 heterocycles. The minimum absolute atomic E-state index is 0.0822. The van der Waals surface area contributed by atoms with E-state index in [2.05, 4.69) is 15.0 Å². The smallest absolute Gasteiger partial charge is 0.387 e. The van der Waals surface area contributed by atoms with Crippen molar-refractivity contribution in [3.8, 4) is 11.8 Å². The van der Waals surface area contributed by atoms with E-state index < -0.39 is 11.5 Å². The monoisotopic (exact) mass is 320 g/mol. The Morgan fingerprint density at radius 3 is 2.74 bits per heavy atom. The summed E-state index contributed by atoms with van der Waals surface area (Å²) >= 11 is 0. The van der Waals surface area contributed by atoms with E-state index in [1.807, 2.05) is 6.07 Å². The highest BCUT2D eigenvalue weighted by atomic mass is 19.3. The summed E-state index contributed by atoms with van der Waals surface area (Å²) in [6.45, 7) is -2.82. The van der Waals surface area contributed by atoms with Gasteiger partial charge in [-0.1, -0.05) is 0 Å². The molecule has 1 aromatic carbocycles. The molecule has 2 aromatic rings.